The summed E-state index contributed by atoms with van der Waals surface area (Å²) in [6, 6.07) is 16.2. The van der Waals surface area contributed by atoms with Gasteiger partial charge in [-0.1, -0.05) is 24.3 Å². The summed E-state index contributed by atoms with van der Waals surface area (Å²) in [7, 11) is 1.52. The van der Waals surface area contributed by atoms with Crippen molar-refractivity contribution in [1.29, 1.82) is 0 Å². The number of aromatic hydroxyl groups is 1. The summed E-state index contributed by atoms with van der Waals surface area (Å²) in [5.74, 6) is 0.519. The topological polar surface area (TPSA) is 80.2 Å². The van der Waals surface area contributed by atoms with E-state index in [1.54, 1.807) is 18.2 Å². The Morgan fingerprint density at radius 3 is 2.56 bits per heavy atom. The molecule has 0 radical (unpaired) electrons. The van der Waals surface area contributed by atoms with E-state index >= 15 is 0 Å². The monoisotopic (exact) mass is 364 g/mol. The van der Waals surface area contributed by atoms with E-state index in [1.165, 1.54) is 19.4 Å². The number of fused-ring (bicyclic) bond motifs is 1. The second kappa shape index (κ2) is 8.23. The molecule has 0 aliphatic heterocycles. The number of carbonyl (C=O) groups is 1. The maximum atomic E-state index is 12.5. The zero-order valence-electron chi connectivity index (χ0n) is 15.1. The van der Waals surface area contributed by atoms with Crippen molar-refractivity contribution in [3.63, 3.8) is 0 Å². The molecule has 0 unspecified atom stereocenters. The number of amides is 1. The Bertz CT molecular complexity index is 999. The second-order valence-corrected chi connectivity index (χ2v) is 5.76. The van der Waals surface area contributed by atoms with Gasteiger partial charge in [-0.2, -0.15) is 5.10 Å². The Hall–Kier alpha value is -3.54. The van der Waals surface area contributed by atoms with Crippen molar-refractivity contribution in [2.45, 2.75) is 6.92 Å². The summed E-state index contributed by atoms with van der Waals surface area (Å²) >= 11 is 0. The average molecular weight is 364 g/mol. The summed E-state index contributed by atoms with van der Waals surface area (Å²) in [5.41, 5.74) is 3.58. The van der Waals surface area contributed by atoms with Gasteiger partial charge in [-0.05, 0) is 53.6 Å². The fraction of sp³-hybridized carbons (Fsp3) is 0.143. The van der Waals surface area contributed by atoms with E-state index in [1.807, 2.05) is 37.3 Å². The Morgan fingerprint density at radius 2 is 1.85 bits per heavy atom. The van der Waals surface area contributed by atoms with Crippen LogP contribution < -0.4 is 14.9 Å². The highest BCUT2D eigenvalue weighted by Gasteiger charge is 2.13. The number of rotatable bonds is 6. The summed E-state index contributed by atoms with van der Waals surface area (Å²) in [6.07, 6.45) is 1.48. The Kier molecular flexibility index (Phi) is 5.56. The van der Waals surface area contributed by atoms with Gasteiger partial charge in [-0.25, -0.2) is 5.43 Å². The van der Waals surface area contributed by atoms with Crippen LogP contribution in [0.5, 0.6) is 17.2 Å². The van der Waals surface area contributed by atoms with Gasteiger partial charge in [0.15, 0.2) is 11.5 Å². The molecule has 0 aliphatic carbocycles. The Balaban J connectivity index is 1.78. The Labute approximate surface area is 157 Å². The standard InChI is InChI=1S/C21H20N2O4/c1-3-27-20-10-14(8-9-18(20)24)13-22-23-21(25)17-11-15-6-4-5-7-16(15)12-19(17)26-2/h4-13,24H,3H2,1-2H3,(H,23,25)/b22-13-. The van der Waals surface area contributed by atoms with Crippen LogP contribution in [0.4, 0.5) is 0 Å². The third kappa shape index (κ3) is 4.17. The maximum Gasteiger partial charge on any atom is 0.275 e. The number of hydrazone groups is 1. The number of phenolic OH excluding ortho intramolecular Hbond substituents is 1. The van der Waals surface area contributed by atoms with Crippen LogP contribution in [0.15, 0.2) is 59.7 Å². The van der Waals surface area contributed by atoms with Gasteiger partial charge in [0.25, 0.3) is 5.91 Å². The molecule has 138 valence electrons. The maximum absolute atomic E-state index is 12.5. The quantitative estimate of drug-likeness (QED) is 0.516. The molecule has 0 spiro atoms. The molecule has 0 aliphatic rings. The number of ether oxygens (including phenoxy) is 2. The molecule has 3 aromatic rings. The van der Waals surface area contributed by atoms with Crippen LogP contribution in [0, 0.1) is 0 Å². The molecule has 1 amide bonds. The van der Waals surface area contributed by atoms with Crippen LogP contribution in [0.2, 0.25) is 0 Å². The van der Waals surface area contributed by atoms with Crippen molar-refractivity contribution in [2.24, 2.45) is 5.10 Å². The number of methoxy groups -OCH3 is 1. The van der Waals surface area contributed by atoms with Gasteiger partial charge in [-0.3, -0.25) is 4.79 Å². The van der Waals surface area contributed by atoms with E-state index in [4.69, 9.17) is 9.47 Å². The summed E-state index contributed by atoms with van der Waals surface area (Å²) in [4.78, 5) is 12.5. The van der Waals surface area contributed by atoms with Crippen LogP contribution in [0.3, 0.4) is 0 Å². The van der Waals surface area contributed by atoms with Crippen LogP contribution in [-0.2, 0) is 0 Å². The predicted octanol–water partition coefficient (Wildman–Crippen LogP) is 3.72. The van der Waals surface area contributed by atoms with Crippen LogP contribution >= 0.6 is 0 Å². The van der Waals surface area contributed by atoms with Gasteiger partial charge < -0.3 is 14.6 Å². The van der Waals surface area contributed by atoms with Gasteiger partial charge in [0.2, 0.25) is 0 Å². The van der Waals surface area contributed by atoms with E-state index in [-0.39, 0.29) is 11.7 Å². The van der Waals surface area contributed by atoms with Gasteiger partial charge >= 0.3 is 0 Å². The van der Waals surface area contributed by atoms with Gasteiger partial charge in [0, 0.05) is 0 Å². The zero-order chi connectivity index (χ0) is 19.2. The molecular formula is C21H20N2O4. The van der Waals surface area contributed by atoms with Gasteiger partial charge in [-0.15, -0.1) is 0 Å². The largest absolute Gasteiger partial charge is 0.504 e. The van der Waals surface area contributed by atoms with E-state index in [0.29, 0.717) is 29.2 Å². The number of nitrogens with zero attached hydrogens (tertiary/aromatic N) is 1. The first-order valence-electron chi connectivity index (χ1n) is 8.48. The number of hydrogen-bond acceptors (Lipinski definition) is 5. The molecule has 6 heteroatoms. The van der Waals surface area contributed by atoms with E-state index in [0.717, 1.165) is 10.8 Å². The number of hydrogen-bond donors (Lipinski definition) is 2. The normalized spacial score (nSPS) is 10.9. The minimum absolute atomic E-state index is 0.0546. The van der Waals surface area contributed by atoms with E-state index < -0.39 is 0 Å². The fourth-order valence-corrected chi connectivity index (χ4v) is 2.67. The molecule has 0 fully saturated rings. The molecule has 0 saturated heterocycles. The number of benzene rings is 3. The lowest BCUT2D eigenvalue weighted by atomic mass is 10.1. The molecule has 6 nitrogen and oxygen atoms in total. The van der Waals surface area contributed by atoms with Gasteiger partial charge in [0.1, 0.15) is 5.75 Å². The molecule has 0 atom stereocenters. The van der Waals surface area contributed by atoms with Gasteiger partial charge in [0.05, 0.1) is 25.5 Å². The number of nitrogens with one attached hydrogen (secondary N) is 1. The number of carbonyl (C=O) groups excluding carboxylic acids is 1. The van der Waals surface area contributed by atoms with E-state index in [2.05, 4.69) is 10.5 Å². The van der Waals surface area contributed by atoms with Crippen molar-refractivity contribution in [2.75, 3.05) is 13.7 Å². The van der Waals surface area contributed by atoms with Crippen molar-refractivity contribution in [3.05, 3.63) is 65.7 Å². The molecule has 0 bridgehead atoms. The number of phenols is 1. The van der Waals surface area contributed by atoms with Crippen molar-refractivity contribution in [1.82, 2.24) is 5.43 Å². The highest BCUT2D eigenvalue weighted by molar-refractivity contribution is 6.02. The zero-order valence-corrected chi connectivity index (χ0v) is 15.1. The molecule has 2 N–H and O–H groups in total. The molecule has 3 rings (SSSR count). The molecule has 0 heterocycles. The first kappa shape index (κ1) is 18.3. The highest BCUT2D eigenvalue weighted by atomic mass is 16.5. The van der Waals surface area contributed by atoms with Crippen LogP contribution in [0.25, 0.3) is 10.8 Å². The Morgan fingerprint density at radius 1 is 1.11 bits per heavy atom. The van der Waals surface area contributed by atoms with Crippen molar-refractivity contribution < 1.29 is 19.4 Å². The van der Waals surface area contributed by atoms with Crippen molar-refractivity contribution >= 4 is 22.9 Å². The molecule has 0 aromatic heterocycles. The first-order chi connectivity index (χ1) is 13.1. The molecule has 27 heavy (non-hydrogen) atoms. The average Bonchev–Trinajstić information content (AvgIpc) is 2.69. The second-order valence-electron chi connectivity index (χ2n) is 5.76. The van der Waals surface area contributed by atoms with Crippen LogP contribution in [-0.4, -0.2) is 30.9 Å². The lowest BCUT2D eigenvalue weighted by molar-refractivity contribution is 0.0952. The summed E-state index contributed by atoms with van der Waals surface area (Å²) in [5, 5.41) is 15.6. The fourth-order valence-electron chi connectivity index (χ4n) is 2.67. The highest BCUT2D eigenvalue weighted by Crippen LogP contribution is 2.27. The first-order valence-corrected chi connectivity index (χ1v) is 8.48. The SMILES string of the molecule is CCOc1cc(/C=N\NC(=O)c2cc3ccccc3cc2OC)ccc1O. The molecule has 3 aromatic carbocycles. The predicted molar refractivity (Wildman–Crippen MR) is 105 cm³/mol. The lowest BCUT2D eigenvalue weighted by Gasteiger charge is -2.09. The third-order valence-electron chi connectivity index (χ3n) is 3.98. The van der Waals surface area contributed by atoms with E-state index in [9.17, 15) is 9.90 Å². The third-order valence-corrected chi connectivity index (χ3v) is 3.98. The smallest absolute Gasteiger partial charge is 0.275 e. The van der Waals surface area contributed by atoms with Crippen molar-refractivity contribution in [3.8, 4) is 17.2 Å². The minimum Gasteiger partial charge on any atom is -0.504 e. The van der Waals surface area contributed by atoms with Crippen LogP contribution in [0.1, 0.15) is 22.8 Å². The lowest BCUT2D eigenvalue weighted by Crippen LogP contribution is -2.18. The summed E-state index contributed by atoms with van der Waals surface area (Å²) < 4.78 is 10.7. The minimum atomic E-state index is -0.377. The molecule has 0 saturated carbocycles. The summed E-state index contributed by atoms with van der Waals surface area (Å²) in [6.45, 7) is 2.27. The molecular weight excluding hydrogens is 344 g/mol.